The molecule has 7 heteroatoms. The van der Waals surface area contributed by atoms with Crippen molar-refractivity contribution in [3.8, 4) is 5.69 Å². The van der Waals surface area contributed by atoms with Crippen LogP contribution in [0.3, 0.4) is 0 Å². The number of para-hydroxylation sites is 1. The molecule has 1 atom stereocenters. The maximum absolute atomic E-state index is 10.2. The van der Waals surface area contributed by atoms with E-state index in [0.29, 0.717) is 28.5 Å². The van der Waals surface area contributed by atoms with Crippen molar-refractivity contribution in [2.75, 3.05) is 12.4 Å². The fraction of sp³-hybridized carbons (Fsp3) is 0.333. The van der Waals surface area contributed by atoms with Gasteiger partial charge in [0.2, 0.25) is 5.16 Å². The van der Waals surface area contributed by atoms with E-state index in [9.17, 15) is 5.11 Å². The van der Waals surface area contributed by atoms with Crippen molar-refractivity contribution in [3.63, 3.8) is 0 Å². The van der Waals surface area contributed by atoms with Crippen LogP contribution >= 0.6 is 23.4 Å². The van der Waals surface area contributed by atoms with Crippen LogP contribution in [0, 0.1) is 0 Å². The molecule has 0 spiro atoms. The predicted octanol–water partition coefficient (Wildman–Crippen LogP) is 4.47. The van der Waals surface area contributed by atoms with Gasteiger partial charge < -0.3 is 9.84 Å². The zero-order chi connectivity index (χ0) is 19.3. The molecule has 1 aliphatic rings. The molecular weight excluding hydrogens is 394 g/mol. The van der Waals surface area contributed by atoms with E-state index in [-0.39, 0.29) is 6.61 Å². The smallest absolute Gasteiger partial charge is 0.209 e. The van der Waals surface area contributed by atoms with Gasteiger partial charge in [-0.25, -0.2) is 9.67 Å². The van der Waals surface area contributed by atoms with Crippen LogP contribution in [0.1, 0.15) is 30.1 Å². The lowest BCUT2D eigenvalue weighted by Gasteiger charge is -2.10. The molecule has 4 rings (SSSR count). The summed E-state index contributed by atoms with van der Waals surface area (Å²) in [6.07, 6.45) is 1.72. The molecule has 5 nitrogen and oxygen atoms in total. The Balaban J connectivity index is 1.31. The zero-order valence-electron chi connectivity index (χ0n) is 15.4. The van der Waals surface area contributed by atoms with E-state index < -0.39 is 6.10 Å². The molecule has 0 amide bonds. The fourth-order valence-corrected chi connectivity index (χ4v) is 3.80. The van der Waals surface area contributed by atoms with E-state index in [0.717, 1.165) is 29.9 Å². The standard InChI is InChI=1S/C21H22ClN3O2S/c22-19-9-5-4-6-16(19)12-27-13-18(26)14-28-21-23-20(15-10-11-15)25(24-21)17-7-2-1-3-8-17/h1-9,15,18,26H,10-14H2. The van der Waals surface area contributed by atoms with Gasteiger partial charge in [-0.1, -0.05) is 59.8 Å². The summed E-state index contributed by atoms with van der Waals surface area (Å²) in [5, 5.41) is 16.2. The number of hydrogen-bond acceptors (Lipinski definition) is 5. The quantitative estimate of drug-likeness (QED) is 0.522. The number of aliphatic hydroxyl groups is 1. The topological polar surface area (TPSA) is 60.2 Å². The Kier molecular flexibility index (Phi) is 6.32. The summed E-state index contributed by atoms with van der Waals surface area (Å²) < 4.78 is 7.53. The molecule has 1 N–H and O–H groups in total. The van der Waals surface area contributed by atoms with Gasteiger partial charge in [0, 0.05) is 16.7 Å². The average molecular weight is 416 g/mol. The summed E-state index contributed by atoms with van der Waals surface area (Å²) in [4.78, 5) is 4.71. The monoisotopic (exact) mass is 415 g/mol. The van der Waals surface area contributed by atoms with Crippen LogP contribution in [0.15, 0.2) is 59.8 Å². The zero-order valence-corrected chi connectivity index (χ0v) is 16.9. The maximum atomic E-state index is 10.2. The van der Waals surface area contributed by atoms with Gasteiger partial charge in [-0.15, -0.1) is 5.10 Å². The molecule has 1 aromatic heterocycles. The van der Waals surface area contributed by atoms with Crippen molar-refractivity contribution in [2.45, 2.75) is 36.6 Å². The van der Waals surface area contributed by atoms with Crippen LogP contribution in [0.25, 0.3) is 5.69 Å². The number of halogens is 1. The van der Waals surface area contributed by atoms with Gasteiger partial charge in [0.25, 0.3) is 0 Å². The first-order chi connectivity index (χ1) is 13.7. The van der Waals surface area contributed by atoms with Crippen molar-refractivity contribution in [1.29, 1.82) is 0 Å². The number of hydrogen-bond donors (Lipinski definition) is 1. The second kappa shape index (κ2) is 9.09. The Hall–Kier alpha value is -1.86. The van der Waals surface area contributed by atoms with Crippen LogP contribution in [0.2, 0.25) is 5.02 Å². The summed E-state index contributed by atoms with van der Waals surface area (Å²) in [6.45, 7) is 0.626. The molecule has 28 heavy (non-hydrogen) atoms. The second-order valence-corrected chi connectivity index (χ2v) is 8.24. The first kappa shape index (κ1) is 19.5. The molecule has 0 saturated heterocycles. The minimum atomic E-state index is -0.597. The average Bonchev–Trinajstić information content (AvgIpc) is 3.48. The third-order valence-corrected chi connectivity index (χ3v) is 5.84. The highest BCUT2D eigenvalue weighted by Crippen LogP contribution is 2.40. The molecule has 0 aliphatic heterocycles. The van der Waals surface area contributed by atoms with E-state index in [2.05, 4.69) is 5.10 Å². The van der Waals surface area contributed by atoms with Crippen LogP contribution in [-0.2, 0) is 11.3 Å². The molecule has 1 heterocycles. The molecule has 1 aliphatic carbocycles. The summed E-state index contributed by atoms with van der Waals surface area (Å²) >= 11 is 7.57. The first-order valence-electron chi connectivity index (χ1n) is 9.35. The summed E-state index contributed by atoms with van der Waals surface area (Å²) in [6, 6.07) is 17.6. The van der Waals surface area contributed by atoms with Crippen LogP contribution in [-0.4, -0.2) is 38.3 Å². The van der Waals surface area contributed by atoms with E-state index in [1.165, 1.54) is 11.8 Å². The summed E-state index contributed by atoms with van der Waals surface area (Å²) in [5.41, 5.74) is 1.94. The van der Waals surface area contributed by atoms with Crippen LogP contribution in [0.5, 0.6) is 0 Å². The number of aliphatic hydroxyl groups excluding tert-OH is 1. The molecule has 0 radical (unpaired) electrons. The molecule has 1 saturated carbocycles. The fourth-order valence-electron chi connectivity index (χ4n) is 2.87. The van der Waals surface area contributed by atoms with Gasteiger partial charge in [-0.05, 0) is 36.6 Å². The van der Waals surface area contributed by atoms with Crippen molar-refractivity contribution in [1.82, 2.24) is 14.8 Å². The van der Waals surface area contributed by atoms with Crippen molar-refractivity contribution < 1.29 is 9.84 Å². The maximum Gasteiger partial charge on any atom is 0.209 e. The lowest BCUT2D eigenvalue weighted by molar-refractivity contribution is 0.0398. The minimum Gasteiger partial charge on any atom is -0.390 e. The largest absolute Gasteiger partial charge is 0.390 e. The van der Waals surface area contributed by atoms with Gasteiger partial charge in [-0.3, -0.25) is 0 Å². The molecule has 1 unspecified atom stereocenters. The molecule has 0 bridgehead atoms. The molecular formula is C21H22ClN3O2S. The highest BCUT2D eigenvalue weighted by Gasteiger charge is 2.30. The lowest BCUT2D eigenvalue weighted by atomic mass is 10.2. The highest BCUT2D eigenvalue weighted by molar-refractivity contribution is 7.99. The number of benzene rings is 2. The molecule has 1 fully saturated rings. The van der Waals surface area contributed by atoms with Gasteiger partial charge in [0.15, 0.2) is 0 Å². The summed E-state index contributed by atoms with van der Waals surface area (Å²) in [7, 11) is 0. The Morgan fingerprint density at radius 3 is 2.64 bits per heavy atom. The second-order valence-electron chi connectivity index (χ2n) is 6.85. The Morgan fingerprint density at radius 1 is 1.14 bits per heavy atom. The van der Waals surface area contributed by atoms with Crippen LogP contribution in [0.4, 0.5) is 0 Å². The number of nitrogens with zero attached hydrogens (tertiary/aromatic N) is 3. The van der Waals surface area contributed by atoms with E-state index in [1.54, 1.807) is 0 Å². The predicted molar refractivity (Wildman–Crippen MR) is 111 cm³/mol. The van der Waals surface area contributed by atoms with E-state index in [1.807, 2.05) is 59.3 Å². The van der Waals surface area contributed by atoms with E-state index >= 15 is 0 Å². The normalized spacial score (nSPS) is 14.9. The molecule has 2 aromatic carbocycles. The Bertz CT molecular complexity index is 915. The molecule has 146 valence electrons. The first-order valence-corrected chi connectivity index (χ1v) is 10.7. The van der Waals surface area contributed by atoms with Crippen molar-refractivity contribution >= 4 is 23.4 Å². The van der Waals surface area contributed by atoms with Gasteiger partial charge in [0.05, 0.1) is 25.0 Å². The molecule has 3 aromatic rings. The van der Waals surface area contributed by atoms with Crippen LogP contribution < -0.4 is 0 Å². The highest BCUT2D eigenvalue weighted by atomic mass is 35.5. The summed E-state index contributed by atoms with van der Waals surface area (Å²) in [5.74, 6) is 1.98. The van der Waals surface area contributed by atoms with Gasteiger partial charge in [0.1, 0.15) is 5.82 Å². The number of thioether (sulfide) groups is 1. The third-order valence-electron chi connectivity index (χ3n) is 4.49. The Morgan fingerprint density at radius 2 is 1.89 bits per heavy atom. The van der Waals surface area contributed by atoms with E-state index in [4.69, 9.17) is 21.3 Å². The SMILES string of the molecule is OC(COCc1ccccc1Cl)CSc1nc(C2CC2)n(-c2ccccc2)n1. The third kappa shape index (κ3) is 4.94. The van der Waals surface area contributed by atoms with Gasteiger partial charge >= 0.3 is 0 Å². The number of aromatic nitrogens is 3. The number of rotatable bonds is 9. The Labute approximate surface area is 173 Å². The van der Waals surface area contributed by atoms with Crippen molar-refractivity contribution in [2.24, 2.45) is 0 Å². The lowest BCUT2D eigenvalue weighted by Crippen LogP contribution is -2.18. The van der Waals surface area contributed by atoms with Gasteiger partial charge in [-0.2, -0.15) is 0 Å². The van der Waals surface area contributed by atoms with Crippen molar-refractivity contribution in [3.05, 3.63) is 71.0 Å². The number of ether oxygens (including phenoxy) is 1. The minimum absolute atomic E-state index is 0.243.